The largest absolute Gasteiger partial charge is 0.382 e. The van der Waals surface area contributed by atoms with Crippen molar-refractivity contribution in [3.05, 3.63) is 47.8 Å². The Morgan fingerprint density at radius 1 is 1.32 bits per heavy atom. The highest BCUT2D eigenvalue weighted by molar-refractivity contribution is 8.13. The number of thioether (sulfide) groups is 1. The van der Waals surface area contributed by atoms with Gasteiger partial charge in [-0.1, -0.05) is 42.1 Å². The molecule has 0 fully saturated rings. The fourth-order valence-corrected chi connectivity index (χ4v) is 2.42. The van der Waals surface area contributed by atoms with E-state index in [1.165, 1.54) is 11.8 Å². The Hall–Kier alpha value is -1.75. The number of carbonyl (C=O) groups is 1. The first-order chi connectivity index (χ1) is 9.11. The second kappa shape index (κ2) is 5.93. The zero-order chi connectivity index (χ0) is 13.8. The molecule has 5 heteroatoms. The van der Waals surface area contributed by atoms with E-state index >= 15 is 0 Å². The minimum absolute atomic E-state index is 0.172. The van der Waals surface area contributed by atoms with E-state index in [0.717, 1.165) is 10.7 Å². The van der Waals surface area contributed by atoms with Crippen molar-refractivity contribution in [3.8, 4) is 0 Å². The first-order valence-corrected chi connectivity index (χ1v) is 7.21. The lowest BCUT2D eigenvalue weighted by Gasteiger charge is -2.21. The summed E-state index contributed by atoms with van der Waals surface area (Å²) in [5.74, 6) is -0.172. The van der Waals surface area contributed by atoms with E-state index in [9.17, 15) is 4.79 Å². The van der Waals surface area contributed by atoms with Crippen molar-refractivity contribution in [2.24, 2.45) is 4.99 Å². The molecule has 0 spiro atoms. The molecule has 4 nitrogen and oxygen atoms in total. The summed E-state index contributed by atoms with van der Waals surface area (Å²) in [6.07, 6.45) is 3.75. The number of hydrogen-bond donors (Lipinski definition) is 0. The van der Waals surface area contributed by atoms with Crippen LogP contribution in [0.1, 0.15) is 5.56 Å². The van der Waals surface area contributed by atoms with Crippen LogP contribution in [0.4, 0.5) is 0 Å². The first-order valence-electron chi connectivity index (χ1n) is 5.98. The van der Waals surface area contributed by atoms with E-state index in [1.54, 1.807) is 0 Å². The van der Waals surface area contributed by atoms with E-state index < -0.39 is 0 Å². The van der Waals surface area contributed by atoms with Crippen molar-refractivity contribution in [2.45, 2.75) is 6.54 Å². The number of benzene rings is 1. The predicted octanol–water partition coefficient (Wildman–Crippen LogP) is 2.15. The molecule has 0 aromatic heterocycles. The van der Waals surface area contributed by atoms with Gasteiger partial charge in [0.1, 0.15) is 5.70 Å². The van der Waals surface area contributed by atoms with Gasteiger partial charge in [-0.25, -0.2) is 0 Å². The van der Waals surface area contributed by atoms with Gasteiger partial charge in [-0.05, 0) is 11.8 Å². The van der Waals surface area contributed by atoms with Gasteiger partial charge in [0.15, 0.2) is 5.17 Å². The summed E-state index contributed by atoms with van der Waals surface area (Å²) < 4.78 is 0. The summed E-state index contributed by atoms with van der Waals surface area (Å²) in [4.78, 5) is 19.9. The molecule has 1 aromatic carbocycles. The van der Waals surface area contributed by atoms with Gasteiger partial charge in [-0.2, -0.15) is 4.99 Å². The lowest BCUT2D eigenvalue weighted by Crippen LogP contribution is -2.25. The van der Waals surface area contributed by atoms with Crippen molar-refractivity contribution in [1.29, 1.82) is 0 Å². The van der Waals surface area contributed by atoms with Crippen molar-refractivity contribution >= 4 is 22.8 Å². The van der Waals surface area contributed by atoms with Crippen LogP contribution in [0.5, 0.6) is 0 Å². The maximum Gasteiger partial charge on any atom is 0.297 e. The minimum Gasteiger partial charge on any atom is -0.382 e. The van der Waals surface area contributed by atoms with E-state index in [2.05, 4.69) is 4.99 Å². The molecule has 1 aliphatic heterocycles. The standard InChI is InChI=1S/C14H17N3OS/c1-16(2)10-12-13(18)15-14(19-3)17(12)9-11-7-5-4-6-8-11/h4-8,10H,9H2,1-3H3. The van der Waals surface area contributed by atoms with Crippen LogP contribution in [-0.4, -0.2) is 41.2 Å². The first kappa shape index (κ1) is 13.7. The maximum atomic E-state index is 11.9. The van der Waals surface area contributed by atoms with Crippen molar-refractivity contribution in [1.82, 2.24) is 9.80 Å². The normalized spacial score (nSPS) is 17.0. The van der Waals surface area contributed by atoms with Crippen LogP contribution in [0.25, 0.3) is 0 Å². The Morgan fingerprint density at radius 3 is 2.58 bits per heavy atom. The molecule has 0 radical (unpaired) electrons. The van der Waals surface area contributed by atoms with Gasteiger partial charge in [0.05, 0.1) is 6.54 Å². The monoisotopic (exact) mass is 275 g/mol. The number of amidine groups is 1. The average Bonchev–Trinajstić information content (AvgIpc) is 2.68. The molecule has 19 heavy (non-hydrogen) atoms. The van der Waals surface area contributed by atoms with Crippen molar-refractivity contribution < 1.29 is 4.79 Å². The van der Waals surface area contributed by atoms with Gasteiger partial charge in [0, 0.05) is 20.3 Å². The van der Waals surface area contributed by atoms with Gasteiger partial charge in [-0.15, -0.1) is 0 Å². The van der Waals surface area contributed by atoms with E-state index in [0.29, 0.717) is 12.2 Å². The Balaban J connectivity index is 2.28. The second-order valence-corrected chi connectivity index (χ2v) is 5.23. The van der Waals surface area contributed by atoms with Gasteiger partial charge in [-0.3, -0.25) is 4.79 Å². The number of rotatable bonds is 3. The van der Waals surface area contributed by atoms with Crippen LogP contribution in [0.3, 0.4) is 0 Å². The Kier molecular flexibility index (Phi) is 4.27. The summed E-state index contributed by atoms with van der Waals surface area (Å²) in [6, 6.07) is 10.1. The number of aliphatic imine (C=N–C) groups is 1. The van der Waals surface area contributed by atoms with Crippen molar-refractivity contribution in [2.75, 3.05) is 20.4 Å². The number of amides is 1. The second-order valence-electron chi connectivity index (χ2n) is 4.45. The third-order valence-electron chi connectivity index (χ3n) is 2.68. The van der Waals surface area contributed by atoms with Crippen LogP contribution < -0.4 is 0 Å². The molecule has 1 heterocycles. The molecular weight excluding hydrogens is 258 g/mol. The Morgan fingerprint density at radius 2 is 2.00 bits per heavy atom. The zero-order valence-corrected chi connectivity index (χ0v) is 12.1. The molecule has 1 aliphatic rings. The molecule has 0 saturated heterocycles. The predicted molar refractivity (Wildman–Crippen MR) is 79.7 cm³/mol. The fourth-order valence-electron chi connectivity index (χ4n) is 1.87. The smallest absolute Gasteiger partial charge is 0.297 e. The Labute approximate surface area is 117 Å². The molecule has 0 bridgehead atoms. The highest BCUT2D eigenvalue weighted by Crippen LogP contribution is 2.24. The molecule has 0 unspecified atom stereocenters. The van der Waals surface area contributed by atoms with E-state index in [4.69, 9.17) is 0 Å². The molecule has 1 aromatic rings. The summed E-state index contributed by atoms with van der Waals surface area (Å²) >= 11 is 1.49. The zero-order valence-electron chi connectivity index (χ0n) is 11.3. The molecular formula is C14H17N3OS. The summed E-state index contributed by atoms with van der Waals surface area (Å²) in [7, 11) is 3.80. The SMILES string of the molecule is CSC1=NC(=O)C(=CN(C)C)N1Cc1ccccc1. The quantitative estimate of drug-likeness (QED) is 0.792. The number of carbonyl (C=O) groups excluding carboxylic acids is 1. The highest BCUT2D eigenvalue weighted by Gasteiger charge is 2.29. The van der Waals surface area contributed by atoms with Crippen molar-refractivity contribution in [3.63, 3.8) is 0 Å². The number of hydrogen-bond acceptors (Lipinski definition) is 4. The summed E-state index contributed by atoms with van der Waals surface area (Å²) in [6.45, 7) is 0.659. The fraction of sp³-hybridized carbons (Fsp3) is 0.286. The van der Waals surface area contributed by atoms with Gasteiger partial charge >= 0.3 is 0 Å². The lowest BCUT2D eigenvalue weighted by molar-refractivity contribution is -0.114. The van der Waals surface area contributed by atoms with E-state index in [-0.39, 0.29) is 5.91 Å². The molecule has 1 amide bonds. The number of nitrogens with zero attached hydrogens (tertiary/aromatic N) is 3. The highest BCUT2D eigenvalue weighted by atomic mass is 32.2. The topological polar surface area (TPSA) is 35.9 Å². The summed E-state index contributed by atoms with van der Waals surface area (Å²) in [5, 5.41) is 0.752. The van der Waals surface area contributed by atoms with Gasteiger partial charge in [0.2, 0.25) is 0 Å². The molecule has 0 saturated carbocycles. The molecule has 0 aliphatic carbocycles. The molecule has 100 valence electrons. The average molecular weight is 275 g/mol. The van der Waals surface area contributed by atoms with Crippen LogP contribution in [0, 0.1) is 0 Å². The Bertz CT molecular complexity index is 523. The van der Waals surface area contributed by atoms with Gasteiger partial charge in [0.25, 0.3) is 5.91 Å². The molecule has 0 N–H and O–H groups in total. The molecule has 2 rings (SSSR count). The third kappa shape index (κ3) is 3.17. The van der Waals surface area contributed by atoms with Crippen LogP contribution >= 0.6 is 11.8 Å². The maximum absolute atomic E-state index is 11.9. The van der Waals surface area contributed by atoms with Crippen LogP contribution in [-0.2, 0) is 11.3 Å². The van der Waals surface area contributed by atoms with E-state index in [1.807, 2.05) is 66.7 Å². The van der Waals surface area contributed by atoms with Crippen LogP contribution in [0.15, 0.2) is 47.2 Å². The third-order valence-corrected chi connectivity index (χ3v) is 3.36. The lowest BCUT2D eigenvalue weighted by atomic mass is 10.2. The minimum atomic E-state index is -0.172. The van der Waals surface area contributed by atoms with Gasteiger partial charge < -0.3 is 9.80 Å². The molecule has 0 atom stereocenters. The summed E-state index contributed by atoms with van der Waals surface area (Å²) in [5.41, 5.74) is 1.78. The van der Waals surface area contributed by atoms with Crippen LogP contribution in [0.2, 0.25) is 0 Å².